The molecule has 0 unspecified atom stereocenters. The number of urea groups is 1. The molecular weight excluding hydrogens is 355 g/mol. The number of carbonyl (C=O) groups is 2. The Hall–Kier alpha value is -2.93. The van der Waals surface area contributed by atoms with Crippen LogP contribution in [0.1, 0.15) is 12.5 Å². The number of aliphatic hydroxyl groups is 1. The number of ether oxygens (including phenoxy) is 1. The van der Waals surface area contributed by atoms with Crippen LogP contribution >= 0.6 is 0 Å². The molecule has 1 rings (SSSR count). The summed E-state index contributed by atoms with van der Waals surface area (Å²) in [5, 5.41) is 16.6. The van der Waals surface area contributed by atoms with Crippen LogP contribution in [0.3, 0.4) is 0 Å². The lowest BCUT2D eigenvalue weighted by Crippen LogP contribution is -2.54. The first-order valence-corrected chi connectivity index (χ1v) is 7.40. The molecule has 0 aliphatic carbocycles. The van der Waals surface area contributed by atoms with Gasteiger partial charge in [0.1, 0.15) is 11.8 Å². The summed E-state index contributed by atoms with van der Waals surface area (Å²) in [6.07, 6.45) is -0.939. The lowest BCUT2D eigenvalue weighted by molar-refractivity contribution is -0.274. The number of nitrogens with one attached hydrogen (secondary N) is 3. The lowest BCUT2D eigenvalue weighted by Gasteiger charge is -2.20. The predicted octanol–water partition coefficient (Wildman–Crippen LogP) is 0.883. The molecule has 0 aromatic heterocycles. The number of benzene rings is 1. The fourth-order valence-corrected chi connectivity index (χ4v) is 1.84. The van der Waals surface area contributed by atoms with Gasteiger partial charge in [0.05, 0.1) is 12.6 Å². The lowest BCUT2D eigenvalue weighted by atomic mass is 10.1. The Balaban J connectivity index is 2.54. The van der Waals surface area contributed by atoms with E-state index in [1.54, 1.807) is 0 Å². The number of amides is 3. The Kier molecular flexibility index (Phi) is 7.74. The van der Waals surface area contributed by atoms with E-state index in [0.29, 0.717) is 5.56 Å². The van der Waals surface area contributed by atoms with E-state index in [9.17, 15) is 27.9 Å². The van der Waals surface area contributed by atoms with Gasteiger partial charge in [-0.2, -0.15) is 0 Å². The molecule has 0 spiro atoms. The van der Waals surface area contributed by atoms with Crippen LogP contribution in [0.5, 0.6) is 5.75 Å². The summed E-state index contributed by atoms with van der Waals surface area (Å²) in [5.74, 6) is 1.15. The molecule has 0 saturated heterocycles. The highest BCUT2D eigenvalue weighted by Crippen LogP contribution is 2.22. The molecule has 0 heterocycles. The Morgan fingerprint density at radius 3 is 2.38 bits per heavy atom. The zero-order valence-corrected chi connectivity index (χ0v) is 13.8. The van der Waals surface area contributed by atoms with Crippen molar-refractivity contribution in [3.8, 4) is 18.1 Å². The SMILES string of the molecule is C#CCNC(=O)[C@@H](NC(=O)NCc1ccc(OC(F)(F)F)cc1)[C@@H](C)O. The molecule has 1 aromatic rings. The molecule has 0 bridgehead atoms. The van der Waals surface area contributed by atoms with Gasteiger partial charge in [-0.3, -0.25) is 4.79 Å². The fourth-order valence-electron chi connectivity index (χ4n) is 1.84. The minimum atomic E-state index is -4.78. The molecule has 142 valence electrons. The topological polar surface area (TPSA) is 99.7 Å². The van der Waals surface area contributed by atoms with Crippen molar-refractivity contribution in [3.63, 3.8) is 0 Å². The average Bonchev–Trinajstić information content (AvgIpc) is 2.55. The normalized spacial score (nSPS) is 13.1. The third-order valence-electron chi connectivity index (χ3n) is 3.03. The number of carbonyl (C=O) groups excluding carboxylic acids is 2. The summed E-state index contributed by atoms with van der Waals surface area (Å²) >= 11 is 0. The molecule has 0 saturated carbocycles. The van der Waals surface area contributed by atoms with Gasteiger partial charge in [0, 0.05) is 6.54 Å². The Morgan fingerprint density at radius 1 is 1.27 bits per heavy atom. The van der Waals surface area contributed by atoms with Crippen molar-refractivity contribution in [2.24, 2.45) is 0 Å². The van der Waals surface area contributed by atoms with Crippen LogP contribution in [-0.2, 0) is 11.3 Å². The van der Waals surface area contributed by atoms with E-state index < -0.39 is 30.4 Å². The van der Waals surface area contributed by atoms with Gasteiger partial charge in [-0.05, 0) is 24.6 Å². The van der Waals surface area contributed by atoms with Crippen LogP contribution in [0.2, 0.25) is 0 Å². The highest BCUT2D eigenvalue weighted by atomic mass is 19.4. The van der Waals surface area contributed by atoms with Gasteiger partial charge < -0.3 is 25.8 Å². The maximum absolute atomic E-state index is 12.1. The predicted molar refractivity (Wildman–Crippen MR) is 85.8 cm³/mol. The van der Waals surface area contributed by atoms with Gasteiger partial charge in [-0.1, -0.05) is 18.1 Å². The number of alkyl halides is 3. The van der Waals surface area contributed by atoms with Gasteiger partial charge in [0.25, 0.3) is 0 Å². The van der Waals surface area contributed by atoms with E-state index in [2.05, 4.69) is 26.6 Å². The number of hydrogen-bond acceptors (Lipinski definition) is 4. The Morgan fingerprint density at radius 2 is 1.88 bits per heavy atom. The molecule has 2 atom stereocenters. The van der Waals surface area contributed by atoms with E-state index in [1.807, 2.05) is 0 Å². The summed E-state index contributed by atoms with van der Waals surface area (Å²) in [6.45, 7) is 1.24. The largest absolute Gasteiger partial charge is 0.573 e. The van der Waals surface area contributed by atoms with Crippen molar-refractivity contribution in [3.05, 3.63) is 29.8 Å². The summed E-state index contributed by atoms with van der Waals surface area (Å²) in [6, 6.07) is 2.93. The molecular formula is C16H18F3N3O4. The number of rotatable bonds is 7. The number of terminal acetylenes is 1. The van der Waals surface area contributed by atoms with E-state index in [0.717, 1.165) is 12.1 Å². The Labute approximate surface area is 147 Å². The maximum atomic E-state index is 12.1. The van der Waals surface area contributed by atoms with E-state index >= 15 is 0 Å². The van der Waals surface area contributed by atoms with Crippen molar-refractivity contribution < 1.29 is 32.6 Å². The molecule has 0 aliphatic rings. The van der Waals surface area contributed by atoms with E-state index in [4.69, 9.17) is 6.42 Å². The second-order valence-electron chi connectivity index (χ2n) is 5.16. The van der Waals surface area contributed by atoms with Crippen molar-refractivity contribution in [2.45, 2.75) is 32.0 Å². The monoisotopic (exact) mass is 373 g/mol. The minimum absolute atomic E-state index is 0.0172. The second kappa shape index (κ2) is 9.53. The first kappa shape index (κ1) is 21.1. The van der Waals surface area contributed by atoms with E-state index in [1.165, 1.54) is 19.1 Å². The zero-order valence-electron chi connectivity index (χ0n) is 13.8. The van der Waals surface area contributed by atoms with Crippen LogP contribution in [0.15, 0.2) is 24.3 Å². The highest BCUT2D eigenvalue weighted by Gasteiger charge is 2.31. The molecule has 26 heavy (non-hydrogen) atoms. The fraction of sp³-hybridized carbons (Fsp3) is 0.375. The molecule has 0 radical (unpaired) electrons. The van der Waals surface area contributed by atoms with Gasteiger partial charge in [0.2, 0.25) is 5.91 Å². The van der Waals surface area contributed by atoms with Crippen LogP contribution in [0.25, 0.3) is 0 Å². The summed E-state index contributed by atoms with van der Waals surface area (Å²) in [4.78, 5) is 23.6. The first-order valence-electron chi connectivity index (χ1n) is 7.40. The van der Waals surface area contributed by atoms with Crippen molar-refractivity contribution >= 4 is 11.9 Å². The minimum Gasteiger partial charge on any atom is -0.406 e. The van der Waals surface area contributed by atoms with Gasteiger partial charge in [-0.15, -0.1) is 19.6 Å². The maximum Gasteiger partial charge on any atom is 0.573 e. The molecule has 4 N–H and O–H groups in total. The zero-order chi connectivity index (χ0) is 19.7. The molecule has 3 amide bonds. The van der Waals surface area contributed by atoms with Crippen LogP contribution in [0, 0.1) is 12.3 Å². The highest BCUT2D eigenvalue weighted by molar-refractivity contribution is 5.87. The van der Waals surface area contributed by atoms with E-state index in [-0.39, 0.29) is 18.8 Å². The van der Waals surface area contributed by atoms with Gasteiger partial charge >= 0.3 is 12.4 Å². The quantitative estimate of drug-likeness (QED) is 0.533. The standard InChI is InChI=1S/C16H18F3N3O4/c1-3-8-20-14(24)13(10(2)23)22-15(25)21-9-11-4-6-12(7-5-11)26-16(17,18)19/h1,4-7,10,13,23H,8-9H2,2H3,(H,20,24)(H2,21,22,25)/t10-,13+/m1/s1. The van der Waals surface area contributed by atoms with Gasteiger partial charge in [0.15, 0.2) is 0 Å². The third-order valence-corrected chi connectivity index (χ3v) is 3.03. The first-order chi connectivity index (χ1) is 12.1. The third kappa shape index (κ3) is 7.76. The summed E-state index contributed by atoms with van der Waals surface area (Å²) in [7, 11) is 0. The van der Waals surface area contributed by atoms with Crippen LogP contribution in [0.4, 0.5) is 18.0 Å². The van der Waals surface area contributed by atoms with Crippen molar-refractivity contribution in [1.29, 1.82) is 0 Å². The smallest absolute Gasteiger partial charge is 0.406 e. The van der Waals surface area contributed by atoms with Crippen LogP contribution in [-0.4, -0.2) is 42.1 Å². The summed E-state index contributed by atoms with van der Waals surface area (Å²) in [5.41, 5.74) is 0.500. The van der Waals surface area contributed by atoms with Gasteiger partial charge in [-0.25, -0.2) is 4.79 Å². The molecule has 0 aliphatic heterocycles. The molecule has 7 nitrogen and oxygen atoms in total. The van der Waals surface area contributed by atoms with Crippen molar-refractivity contribution in [2.75, 3.05) is 6.54 Å². The van der Waals surface area contributed by atoms with Crippen LogP contribution < -0.4 is 20.7 Å². The average molecular weight is 373 g/mol. The number of hydrogen-bond donors (Lipinski definition) is 4. The number of aliphatic hydroxyl groups excluding tert-OH is 1. The molecule has 0 fully saturated rings. The second-order valence-corrected chi connectivity index (χ2v) is 5.16. The molecule has 10 heteroatoms. The Bertz CT molecular complexity index is 654. The number of halogens is 3. The summed E-state index contributed by atoms with van der Waals surface area (Å²) < 4.78 is 40.0. The van der Waals surface area contributed by atoms with Crippen molar-refractivity contribution in [1.82, 2.24) is 16.0 Å². The molecule has 1 aromatic carbocycles.